The van der Waals surface area contributed by atoms with Gasteiger partial charge in [0.15, 0.2) is 0 Å². The van der Waals surface area contributed by atoms with Gasteiger partial charge in [-0.1, -0.05) is 144 Å². The fraction of sp³-hybridized carbons (Fsp3) is 0.300. The molecule has 1 aliphatic heterocycles. The first-order valence-electron chi connectivity index (χ1n) is 15.4. The zero-order chi connectivity index (χ0) is 28.8. The van der Waals surface area contributed by atoms with Gasteiger partial charge in [0, 0.05) is 5.92 Å². The molecule has 206 valence electrons. The standard InChI is InChI=1S/C40H42Si/c1-24(2)32-22-28-23-34(39-36(27-13-10-9-11-14-27)37(28)38(32)41(39,7)8)35-25(3)21-33-30(15-12-16-31(33)35)26-17-19-29(20-18-26)40(4,5)6/h9-21,23-24,35H,22H2,1-8H3. The SMILES string of the molecule is CC1=Cc2c(-c3ccc(C(C)(C)C)cc3)cccc2C1c1cc2c3c(-c4ccccc4)c1[Si](C)(C)C3=C(C(C)C)C2. The van der Waals surface area contributed by atoms with E-state index in [-0.39, 0.29) is 5.41 Å². The van der Waals surface area contributed by atoms with E-state index in [2.05, 4.69) is 140 Å². The molecule has 4 aromatic carbocycles. The van der Waals surface area contributed by atoms with Gasteiger partial charge in [0.25, 0.3) is 0 Å². The minimum absolute atomic E-state index is 0.159. The average molecular weight is 551 g/mol. The van der Waals surface area contributed by atoms with E-state index in [1.54, 1.807) is 38.2 Å². The van der Waals surface area contributed by atoms with Crippen LogP contribution in [-0.4, -0.2) is 8.07 Å². The fourth-order valence-corrected chi connectivity index (χ4v) is 12.3. The van der Waals surface area contributed by atoms with Crippen molar-refractivity contribution in [2.24, 2.45) is 5.92 Å². The van der Waals surface area contributed by atoms with Gasteiger partial charge in [-0.3, -0.25) is 0 Å². The molecule has 0 amide bonds. The number of allylic oxidation sites excluding steroid dienone is 2. The smallest absolute Gasteiger partial charge is 0.0630 e. The number of benzene rings is 4. The molecule has 0 nitrogen and oxygen atoms in total. The molecule has 2 aliphatic carbocycles. The summed E-state index contributed by atoms with van der Waals surface area (Å²) in [4.78, 5) is 0. The Morgan fingerprint density at radius 1 is 0.780 bits per heavy atom. The van der Waals surface area contributed by atoms with E-state index in [0.717, 1.165) is 6.42 Å². The van der Waals surface area contributed by atoms with Crippen molar-refractivity contribution in [1.29, 1.82) is 0 Å². The molecule has 1 heterocycles. The molecule has 1 atom stereocenters. The van der Waals surface area contributed by atoms with Gasteiger partial charge in [0.2, 0.25) is 0 Å². The van der Waals surface area contributed by atoms with E-state index < -0.39 is 8.07 Å². The Bertz CT molecular complexity index is 1770. The highest BCUT2D eigenvalue weighted by molar-refractivity contribution is 7.07. The maximum atomic E-state index is 2.64. The Labute approximate surface area is 247 Å². The summed E-state index contributed by atoms with van der Waals surface area (Å²) in [5.74, 6) is 0.910. The Morgan fingerprint density at radius 3 is 2.15 bits per heavy atom. The van der Waals surface area contributed by atoms with Crippen molar-refractivity contribution >= 4 is 24.5 Å². The first kappa shape index (κ1) is 26.5. The molecule has 0 radical (unpaired) electrons. The molecule has 1 unspecified atom stereocenters. The van der Waals surface area contributed by atoms with Gasteiger partial charge in [0.1, 0.15) is 8.07 Å². The predicted octanol–water partition coefficient (Wildman–Crippen LogP) is 10.3. The van der Waals surface area contributed by atoms with Crippen molar-refractivity contribution in [3.63, 3.8) is 0 Å². The topological polar surface area (TPSA) is 0 Å². The van der Waals surface area contributed by atoms with Crippen LogP contribution in [0, 0.1) is 5.92 Å². The first-order valence-corrected chi connectivity index (χ1v) is 18.4. The Hall–Kier alpha value is -3.42. The van der Waals surface area contributed by atoms with Crippen LogP contribution >= 0.6 is 0 Å². The third-order valence-electron chi connectivity index (χ3n) is 10.1. The Morgan fingerprint density at radius 2 is 1.49 bits per heavy atom. The molecule has 0 aromatic heterocycles. The second-order valence-electron chi connectivity index (χ2n) is 14.4. The minimum atomic E-state index is -1.91. The summed E-state index contributed by atoms with van der Waals surface area (Å²) in [5, 5.41) is 3.43. The molecule has 0 saturated carbocycles. The summed E-state index contributed by atoms with van der Waals surface area (Å²) in [5.41, 5.74) is 17.9. The number of hydrogen-bond acceptors (Lipinski definition) is 0. The van der Waals surface area contributed by atoms with Crippen LogP contribution in [0.4, 0.5) is 0 Å². The van der Waals surface area contributed by atoms with Gasteiger partial charge >= 0.3 is 0 Å². The molecule has 4 aromatic rings. The van der Waals surface area contributed by atoms with Crippen LogP contribution in [0.15, 0.2) is 90.0 Å². The van der Waals surface area contributed by atoms with Crippen molar-refractivity contribution in [1.82, 2.24) is 0 Å². The molecule has 7 rings (SSSR count). The molecular formula is C40H42Si. The van der Waals surface area contributed by atoms with E-state index in [1.807, 2.05) is 0 Å². The summed E-state index contributed by atoms with van der Waals surface area (Å²) < 4.78 is 0. The Kier molecular flexibility index (Phi) is 5.83. The summed E-state index contributed by atoms with van der Waals surface area (Å²) in [7, 11) is -1.91. The molecule has 3 aliphatic rings. The van der Waals surface area contributed by atoms with Crippen LogP contribution in [0.25, 0.3) is 33.5 Å². The van der Waals surface area contributed by atoms with Crippen molar-refractivity contribution in [3.8, 4) is 22.3 Å². The zero-order valence-electron chi connectivity index (χ0n) is 25.9. The summed E-state index contributed by atoms with van der Waals surface area (Å²) in [6, 6.07) is 30.2. The molecule has 41 heavy (non-hydrogen) atoms. The minimum Gasteiger partial charge on any atom is -0.0630 e. The van der Waals surface area contributed by atoms with Gasteiger partial charge in [-0.25, -0.2) is 0 Å². The van der Waals surface area contributed by atoms with E-state index in [9.17, 15) is 0 Å². The van der Waals surface area contributed by atoms with Crippen molar-refractivity contribution < 1.29 is 0 Å². The summed E-state index contributed by atoms with van der Waals surface area (Å²) in [6.45, 7) is 19.3. The van der Waals surface area contributed by atoms with Gasteiger partial charge < -0.3 is 0 Å². The highest BCUT2D eigenvalue weighted by Crippen LogP contribution is 2.54. The van der Waals surface area contributed by atoms with Crippen molar-refractivity contribution in [2.45, 2.75) is 72.4 Å². The summed E-state index contributed by atoms with van der Waals surface area (Å²) >= 11 is 0. The van der Waals surface area contributed by atoms with E-state index in [4.69, 9.17) is 0 Å². The lowest BCUT2D eigenvalue weighted by molar-refractivity contribution is 0.590. The van der Waals surface area contributed by atoms with Crippen molar-refractivity contribution in [3.05, 3.63) is 123 Å². The van der Waals surface area contributed by atoms with Gasteiger partial charge in [0.05, 0.1) is 0 Å². The highest BCUT2D eigenvalue weighted by atomic mass is 28.3. The lowest BCUT2D eigenvalue weighted by Crippen LogP contribution is -2.43. The lowest BCUT2D eigenvalue weighted by atomic mass is 9.83. The fourth-order valence-electron chi connectivity index (χ4n) is 8.13. The molecule has 0 fully saturated rings. The molecule has 0 N–H and O–H groups in total. The zero-order valence-corrected chi connectivity index (χ0v) is 26.9. The van der Waals surface area contributed by atoms with Crippen LogP contribution in [0.1, 0.15) is 80.8 Å². The van der Waals surface area contributed by atoms with E-state index in [1.165, 1.54) is 39.0 Å². The second kappa shape index (κ2) is 9.04. The molecule has 0 spiro atoms. The monoisotopic (exact) mass is 550 g/mol. The maximum absolute atomic E-state index is 2.64. The van der Waals surface area contributed by atoms with Crippen molar-refractivity contribution in [2.75, 3.05) is 0 Å². The Balaban J connectivity index is 1.43. The van der Waals surface area contributed by atoms with Gasteiger partial charge in [-0.05, 0) is 90.7 Å². The second-order valence-corrected chi connectivity index (χ2v) is 18.7. The highest BCUT2D eigenvalue weighted by Gasteiger charge is 2.49. The van der Waals surface area contributed by atoms with E-state index in [0.29, 0.717) is 11.8 Å². The normalized spacial score (nSPS) is 18.4. The van der Waals surface area contributed by atoms with Gasteiger partial charge in [-0.15, -0.1) is 0 Å². The van der Waals surface area contributed by atoms with Gasteiger partial charge in [-0.2, -0.15) is 0 Å². The largest absolute Gasteiger partial charge is 0.114 e. The predicted molar refractivity (Wildman–Crippen MR) is 181 cm³/mol. The third kappa shape index (κ3) is 3.85. The number of rotatable bonds is 4. The molecule has 0 saturated heterocycles. The van der Waals surface area contributed by atoms with Crippen LogP contribution in [0.5, 0.6) is 0 Å². The van der Waals surface area contributed by atoms with Crippen LogP contribution < -0.4 is 5.19 Å². The average Bonchev–Trinajstić information content (AvgIpc) is 3.55. The maximum Gasteiger partial charge on any atom is 0.114 e. The number of hydrogen-bond donors (Lipinski definition) is 0. The molecule has 2 bridgehead atoms. The van der Waals surface area contributed by atoms with Crippen LogP contribution in [0.3, 0.4) is 0 Å². The van der Waals surface area contributed by atoms with E-state index >= 15 is 0 Å². The first-order chi connectivity index (χ1) is 19.5. The lowest BCUT2D eigenvalue weighted by Gasteiger charge is -2.29. The van der Waals surface area contributed by atoms with Crippen LogP contribution in [0.2, 0.25) is 13.1 Å². The summed E-state index contributed by atoms with van der Waals surface area (Å²) in [6.07, 6.45) is 3.61. The number of fused-ring (bicyclic) bond motifs is 2. The van der Waals surface area contributed by atoms with Crippen LogP contribution in [-0.2, 0) is 11.8 Å². The molecular weight excluding hydrogens is 509 g/mol. The third-order valence-corrected chi connectivity index (χ3v) is 13.7. The molecule has 1 heteroatoms. The quantitative estimate of drug-likeness (QED) is 0.222.